The topological polar surface area (TPSA) is 115 Å². The van der Waals surface area contributed by atoms with Gasteiger partial charge in [0.1, 0.15) is 12.6 Å². The maximum atomic E-state index is 12.2. The summed E-state index contributed by atoms with van der Waals surface area (Å²) in [6.45, 7) is -0.354. The molecule has 0 bridgehead atoms. The van der Waals surface area contributed by atoms with Gasteiger partial charge in [0.05, 0.1) is 0 Å². The lowest BCUT2D eigenvalue weighted by molar-refractivity contribution is -0.153. The van der Waals surface area contributed by atoms with E-state index in [0.29, 0.717) is 29.1 Å². The SMILES string of the molecule is CN1C(=O)C(=O)N(CC(=O)N2CCCCC2C(=O)O)C1=O. The molecule has 2 aliphatic rings. The smallest absolute Gasteiger partial charge is 0.334 e. The number of carboxylic acid groups (broad SMARTS) is 1. The fraction of sp³-hybridized carbons (Fsp3) is 0.583. The van der Waals surface area contributed by atoms with E-state index in [1.165, 1.54) is 0 Å². The summed E-state index contributed by atoms with van der Waals surface area (Å²) in [6, 6.07) is -1.82. The average molecular weight is 297 g/mol. The monoisotopic (exact) mass is 297 g/mol. The lowest BCUT2D eigenvalue weighted by atomic mass is 10.0. The van der Waals surface area contributed by atoms with Crippen LogP contribution in [-0.2, 0) is 19.2 Å². The van der Waals surface area contributed by atoms with Gasteiger partial charge in [-0.1, -0.05) is 0 Å². The maximum absolute atomic E-state index is 12.2. The van der Waals surface area contributed by atoms with Crippen molar-refractivity contribution in [2.24, 2.45) is 0 Å². The van der Waals surface area contributed by atoms with Gasteiger partial charge < -0.3 is 10.0 Å². The predicted molar refractivity (Wildman–Crippen MR) is 66.9 cm³/mol. The second kappa shape index (κ2) is 5.51. The summed E-state index contributed by atoms with van der Waals surface area (Å²) in [5.74, 6) is -3.83. The first-order valence-corrected chi connectivity index (χ1v) is 6.50. The molecule has 2 fully saturated rings. The lowest BCUT2D eigenvalue weighted by Gasteiger charge is -2.33. The fourth-order valence-electron chi connectivity index (χ4n) is 2.47. The van der Waals surface area contributed by atoms with Crippen molar-refractivity contribution >= 4 is 29.7 Å². The van der Waals surface area contributed by atoms with Gasteiger partial charge in [-0.25, -0.2) is 14.5 Å². The Hall–Kier alpha value is -2.45. The van der Waals surface area contributed by atoms with E-state index in [4.69, 9.17) is 5.11 Å². The number of hydrogen-bond donors (Lipinski definition) is 1. The largest absolute Gasteiger partial charge is 0.480 e. The highest BCUT2D eigenvalue weighted by molar-refractivity contribution is 6.44. The zero-order chi connectivity index (χ0) is 15.7. The van der Waals surface area contributed by atoms with Gasteiger partial charge in [0.2, 0.25) is 5.91 Å². The Bertz CT molecular complexity index is 531. The number of nitrogens with zero attached hydrogens (tertiary/aromatic N) is 3. The summed E-state index contributed by atoms with van der Waals surface area (Å²) in [5.41, 5.74) is 0. The molecule has 21 heavy (non-hydrogen) atoms. The molecule has 114 valence electrons. The van der Waals surface area contributed by atoms with E-state index >= 15 is 0 Å². The quantitative estimate of drug-likeness (QED) is 0.521. The van der Waals surface area contributed by atoms with Crippen molar-refractivity contribution in [2.75, 3.05) is 20.1 Å². The third-order valence-corrected chi connectivity index (χ3v) is 3.65. The molecular weight excluding hydrogens is 282 g/mol. The van der Waals surface area contributed by atoms with Crippen molar-refractivity contribution in [3.63, 3.8) is 0 Å². The number of urea groups is 1. The molecule has 0 aromatic carbocycles. The van der Waals surface area contributed by atoms with E-state index in [1.54, 1.807) is 0 Å². The predicted octanol–water partition coefficient (Wildman–Crippen LogP) is -1.13. The molecule has 1 unspecified atom stereocenters. The van der Waals surface area contributed by atoms with E-state index in [0.717, 1.165) is 11.9 Å². The highest BCUT2D eigenvalue weighted by atomic mass is 16.4. The number of carboxylic acids is 1. The van der Waals surface area contributed by atoms with Crippen LogP contribution in [0.5, 0.6) is 0 Å². The number of carbonyl (C=O) groups excluding carboxylic acids is 4. The van der Waals surface area contributed by atoms with Crippen LogP contribution < -0.4 is 0 Å². The van der Waals surface area contributed by atoms with Gasteiger partial charge >= 0.3 is 23.8 Å². The Morgan fingerprint density at radius 3 is 2.38 bits per heavy atom. The Morgan fingerprint density at radius 2 is 1.86 bits per heavy atom. The van der Waals surface area contributed by atoms with Gasteiger partial charge in [-0.3, -0.25) is 19.3 Å². The average Bonchev–Trinajstić information content (AvgIpc) is 2.65. The van der Waals surface area contributed by atoms with Crippen LogP contribution in [0.3, 0.4) is 0 Å². The number of likely N-dealkylation sites (N-methyl/N-ethyl adjacent to an activating group) is 1. The van der Waals surface area contributed by atoms with Gasteiger partial charge in [0.15, 0.2) is 0 Å². The Balaban J connectivity index is 2.10. The third-order valence-electron chi connectivity index (χ3n) is 3.65. The number of likely N-dealkylation sites (tertiary alicyclic amines) is 1. The van der Waals surface area contributed by atoms with Crippen LogP contribution in [0.25, 0.3) is 0 Å². The van der Waals surface area contributed by atoms with E-state index in [9.17, 15) is 24.0 Å². The minimum absolute atomic E-state index is 0.260. The Kier molecular flexibility index (Phi) is 3.92. The van der Waals surface area contributed by atoms with Gasteiger partial charge in [0.25, 0.3) is 0 Å². The first kappa shape index (κ1) is 14.9. The second-order valence-electron chi connectivity index (χ2n) is 4.97. The summed E-state index contributed by atoms with van der Waals surface area (Å²) in [5, 5.41) is 9.10. The van der Waals surface area contributed by atoms with Crippen molar-refractivity contribution in [3.8, 4) is 0 Å². The molecule has 0 spiro atoms. The standard InChI is InChI=1S/C12H15N3O6/c1-13-9(17)10(18)15(12(13)21)6-8(16)14-5-3-2-4-7(14)11(19)20/h7H,2-6H2,1H3,(H,19,20). The van der Waals surface area contributed by atoms with Crippen LogP contribution in [0.4, 0.5) is 4.79 Å². The zero-order valence-electron chi connectivity index (χ0n) is 11.4. The van der Waals surface area contributed by atoms with Crippen LogP contribution >= 0.6 is 0 Å². The number of aliphatic carboxylic acids is 1. The molecule has 0 aromatic rings. The lowest BCUT2D eigenvalue weighted by Crippen LogP contribution is -2.52. The molecule has 2 rings (SSSR count). The molecule has 0 saturated carbocycles. The molecule has 9 heteroatoms. The van der Waals surface area contributed by atoms with Crippen molar-refractivity contribution in [2.45, 2.75) is 25.3 Å². The van der Waals surface area contributed by atoms with Crippen LogP contribution in [0.2, 0.25) is 0 Å². The molecule has 0 aromatic heterocycles. The molecule has 0 aliphatic carbocycles. The zero-order valence-corrected chi connectivity index (χ0v) is 11.4. The van der Waals surface area contributed by atoms with Crippen LogP contribution in [0.1, 0.15) is 19.3 Å². The molecule has 2 aliphatic heterocycles. The highest BCUT2D eigenvalue weighted by Gasteiger charge is 2.44. The number of hydrogen-bond acceptors (Lipinski definition) is 5. The van der Waals surface area contributed by atoms with Crippen LogP contribution in [0.15, 0.2) is 0 Å². The van der Waals surface area contributed by atoms with Crippen molar-refractivity contribution in [3.05, 3.63) is 0 Å². The number of amides is 5. The molecule has 2 heterocycles. The minimum atomic E-state index is -1.12. The summed E-state index contributed by atoms with van der Waals surface area (Å²) < 4.78 is 0. The van der Waals surface area contributed by atoms with Gasteiger partial charge in [0, 0.05) is 13.6 Å². The van der Waals surface area contributed by atoms with Crippen molar-refractivity contribution in [1.29, 1.82) is 0 Å². The van der Waals surface area contributed by atoms with Crippen molar-refractivity contribution < 1.29 is 29.1 Å². The van der Waals surface area contributed by atoms with Crippen molar-refractivity contribution in [1.82, 2.24) is 14.7 Å². The third kappa shape index (κ3) is 2.58. The van der Waals surface area contributed by atoms with E-state index in [1.807, 2.05) is 0 Å². The van der Waals surface area contributed by atoms with Gasteiger partial charge in [-0.2, -0.15) is 0 Å². The minimum Gasteiger partial charge on any atom is -0.480 e. The van der Waals surface area contributed by atoms with E-state index in [2.05, 4.69) is 0 Å². The maximum Gasteiger partial charge on any atom is 0.334 e. The molecular formula is C12H15N3O6. The second-order valence-corrected chi connectivity index (χ2v) is 4.97. The summed E-state index contributed by atoms with van der Waals surface area (Å²) in [6.07, 6.45) is 1.70. The first-order chi connectivity index (χ1) is 9.84. The molecule has 2 saturated heterocycles. The van der Waals surface area contributed by atoms with Crippen LogP contribution in [-0.4, -0.2) is 75.7 Å². The summed E-state index contributed by atoms with van der Waals surface area (Å²) in [4.78, 5) is 60.2. The molecule has 0 radical (unpaired) electrons. The highest BCUT2D eigenvalue weighted by Crippen LogP contribution is 2.18. The molecule has 9 nitrogen and oxygen atoms in total. The van der Waals surface area contributed by atoms with Gasteiger partial charge in [-0.05, 0) is 19.3 Å². The number of imide groups is 2. The number of rotatable bonds is 3. The van der Waals surface area contributed by atoms with Gasteiger partial charge in [-0.15, -0.1) is 0 Å². The summed E-state index contributed by atoms with van der Waals surface area (Å²) >= 11 is 0. The van der Waals surface area contributed by atoms with E-state index in [-0.39, 0.29) is 6.54 Å². The fourth-order valence-corrected chi connectivity index (χ4v) is 2.47. The van der Waals surface area contributed by atoms with Crippen LogP contribution in [0, 0.1) is 0 Å². The number of piperidine rings is 1. The normalized spacial score (nSPS) is 23.0. The first-order valence-electron chi connectivity index (χ1n) is 6.50. The summed E-state index contributed by atoms with van der Waals surface area (Å²) in [7, 11) is 1.15. The van der Waals surface area contributed by atoms with E-state index < -0.39 is 42.3 Å². The Morgan fingerprint density at radius 1 is 1.19 bits per heavy atom. The Labute approximate surface area is 120 Å². The molecule has 5 amide bonds. The molecule has 1 atom stereocenters. The number of carbonyl (C=O) groups is 5. The molecule has 1 N–H and O–H groups in total.